The SMILES string of the molecule is CCOc1cc(Br)c(CNCCc2ccc(Cl)cc2Cl)cc1OCC. The van der Waals surface area contributed by atoms with E-state index in [9.17, 15) is 0 Å². The van der Waals surface area contributed by atoms with Gasteiger partial charge in [-0.3, -0.25) is 0 Å². The lowest BCUT2D eigenvalue weighted by Crippen LogP contribution is -2.17. The minimum Gasteiger partial charge on any atom is -0.490 e. The highest BCUT2D eigenvalue weighted by Crippen LogP contribution is 2.34. The third kappa shape index (κ3) is 6.07. The molecule has 0 aliphatic carbocycles. The summed E-state index contributed by atoms with van der Waals surface area (Å²) in [6.45, 7) is 6.66. The maximum atomic E-state index is 6.20. The van der Waals surface area contributed by atoms with Gasteiger partial charge in [-0.1, -0.05) is 45.2 Å². The first-order valence-electron chi connectivity index (χ1n) is 8.27. The summed E-state index contributed by atoms with van der Waals surface area (Å²) < 4.78 is 12.3. The summed E-state index contributed by atoms with van der Waals surface area (Å²) >= 11 is 15.7. The molecule has 2 rings (SSSR count). The first-order chi connectivity index (χ1) is 12.0. The molecule has 0 radical (unpaired) electrons. The average molecular weight is 447 g/mol. The van der Waals surface area contributed by atoms with Crippen molar-refractivity contribution in [1.82, 2.24) is 5.32 Å². The van der Waals surface area contributed by atoms with Crippen LogP contribution >= 0.6 is 39.1 Å². The highest BCUT2D eigenvalue weighted by molar-refractivity contribution is 9.10. The van der Waals surface area contributed by atoms with Crippen molar-refractivity contribution in [3.63, 3.8) is 0 Å². The van der Waals surface area contributed by atoms with E-state index in [1.54, 1.807) is 6.07 Å². The molecular formula is C19H22BrCl2NO2. The third-order valence-electron chi connectivity index (χ3n) is 3.61. The Labute approximate surface area is 167 Å². The van der Waals surface area contributed by atoms with Crippen LogP contribution in [0.25, 0.3) is 0 Å². The molecule has 2 aromatic rings. The van der Waals surface area contributed by atoms with Gasteiger partial charge >= 0.3 is 0 Å². The van der Waals surface area contributed by atoms with E-state index in [0.29, 0.717) is 23.3 Å². The largest absolute Gasteiger partial charge is 0.490 e. The van der Waals surface area contributed by atoms with Gasteiger partial charge in [0, 0.05) is 21.1 Å². The smallest absolute Gasteiger partial charge is 0.162 e. The lowest BCUT2D eigenvalue weighted by molar-refractivity contribution is 0.287. The number of halogens is 3. The molecule has 0 unspecified atom stereocenters. The van der Waals surface area contributed by atoms with E-state index in [4.69, 9.17) is 32.7 Å². The fourth-order valence-electron chi connectivity index (χ4n) is 2.42. The molecule has 6 heteroatoms. The molecule has 3 nitrogen and oxygen atoms in total. The molecule has 136 valence electrons. The monoisotopic (exact) mass is 445 g/mol. The van der Waals surface area contributed by atoms with Crippen LogP contribution in [-0.2, 0) is 13.0 Å². The molecule has 0 atom stereocenters. The summed E-state index contributed by atoms with van der Waals surface area (Å²) in [6, 6.07) is 9.57. The van der Waals surface area contributed by atoms with Gasteiger partial charge in [-0.05, 0) is 62.2 Å². The van der Waals surface area contributed by atoms with Gasteiger partial charge in [-0.2, -0.15) is 0 Å². The van der Waals surface area contributed by atoms with Crippen LogP contribution in [0.2, 0.25) is 10.0 Å². The number of hydrogen-bond donors (Lipinski definition) is 1. The van der Waals surface area contributed by atoms with Crippen LogP contribution in [-0.4, -0.2) is 19.8 Å². The molecule has 0 saturated heterocycles. The number of benzene rings is 2. The second-order valence-corrected chi connectivity index (χ2v) is 7.12. The summed E-state index contributed by atoms with van der Waals surface area (Å²) in [6.07, 6.45) is 0.836. The van der Waals surface area contributed by atoms with Crippen LogP contribution in [0.3, 0.4) is 0 Å². The van der Waals surface area contributed by atoms with Crippen LogP contribution in [0.1, 0.15) is 25.0 Å². The quantitative estimate of drug-likeness (QED) is 0.487. The van der Waals surface area contributed by atoms with Crippen LogP contribution in [0.15, 0.2) is 34.8 Å². The van der Waals surface area contributed by atoms with Crippen molar-refractivity contribution in [1.29, 1.82) is 0 Å². The minimum absolute atomic E-state index is 0.601. The van der Waals surface area contributed by atoms with Crippen LogP contribution in [0, 0.1) is 0 Å². The van der Waals surface area contributed by atoms with Crippen LogP contribution in [0.5, 0.6) is 11.5 Å². The molecule has 0 spiro atoms. The summed E-state index contributed by atoms with van der Waals surface area (Å²) in [4.78, 5) is 0. The van der Waals surface area contributed by atoms with Gasteiger partial charge < -0.3 is 14.8 Å². The molecule has 0 fully saturated rings. The normalized spacial score (nSPS) is 10.8. The van der Waals surface area contributed by atoms with Crippen molar-refractivity contribution in [2.75, 3.05) is 19.8 Å². The van der Waals surface area contributed by atoms with E-state index in [2.05, 4.69) is 21.2 Å². The molecular weight excluding hydrogens is 425 g/mol. The van der Waals surface area contributed by atoms with Gasteiger partial charge in [-0.25, -0.2) is 0 Å². The summed E-state index contributed by atoms with van der Waals surface area (Å²) in [5.74, 6) is 1.53. The molecule has 0 amide bonds. The summed E-state index contributed by atoms with van der Waals surface area (Å²) in [5, 5.41) is 4.80. The highest BCUT2D eigenvalue weighted by atomic mass is 79.9. The zero-order valence-electron chi connectivity index (χ0n) is 14.4. The Kier molecular flexibility index (Phi) is 8.37. The number of hydrogen-bond acceptors (Lipinski definition) is 3. The van der Waals surface area contributed by atoms with Gasteiger partial charge in [0.15, 0.2) is 11.5 Å². The van der Waals surface area contributed by atoms with Gasteiger partial charge in [0.1, 0.15) is 0 Å². The number of rotatable bonds is 9. The topological polar surface area (TPSA) is 30.5 Å². The van der Waals surface area contributed by atoms with E-state index in [0.717, 1.165) is 46.6 Å². The summed E-state index contributed by atoms with van der Waals surface area (Å²) in [5.41, 5.74) is 2.20. The van der Waals surface area contributed by atoms with Gasteiger partial charge in [0.05, 0.1) is 13.2 Å². The van der Waals surface area contributed by atoms with E-state index in [1.807, 2.05) is 38.1 Å². The maximum absolute atomic E-state index is 6.20. The molecule has 1 N–H and O–H groups in total. The van der Waals surface area contributed by atoms with E-state index in [1.165, 1.54) is 0 Å². The molecule has 0 aliphatic heterocycles. The van der Waals surface area contributed by atoms with Gasteiger partial charge in [0.2, 0.25) is 0 Å². The maximum Gasteiger partial charge on any atom is 0.162 e. The predicted octanol–water partition coefficient (Wildman–Crippen LogP) is 5.89. The molecule has 0 saturated carbocycles. The molecule has 0 aliphatic rings. The first kappa shape index (κ1) is 20.4. The van der Waals surface area contributed by atoms with Crippen molar-refractivity contribution in [2.45, 2.75) is 26.8 Å². The first-order valence-corrected chi connectivity index (χ1v) is 9.82. The Morgan fingerprint density at radius 1 is 0.960 bits per heavy atom. The molecule has 2 aromatic carbocycles. The molecule has 0 bridgehead atoms. The Balaban J connectivity index is 1.96. The standard InChI is InChI=1S/C19H22BrCl2NO2/c1-3-24-18-9-14(16(20)11-19(18)25-4-2)12-23-8-7-13-5-6-15(21)10-17(13)22/h5-6,9-11,23H,3-4,7-8,12H2,1-2H3. The average Bonchev–Trinajstić information content (AvgIpc) is 2.57. The lowest BCUT2D eigenvalue weighted by Gasteiger charge is -2.15. The second kappa shape index (κ2) is 10.3. The third-order valence-corrected chi connectivity index (χ3v) is 4.94. The lowest BCUT2D eigenvalue weighted by atomic mass is 10.1. The number of ether oxygens (including phenoxy) is 2. The molecule has 0 aromatic heterocycles. The van der Waals surface area contributed by atoms with E-state index < -0.39 is 0 Å². The van der Waals surface area contributed by atoms with Gasteiger partial charge in [-0.15, -0.1) is 0 Å². The van der Waals surface area contributed by atoms with Crippen molar-refractivity contribution >= 4 is 39.1 Å². The van der Waals surface area contributed by atoms with E-state index in [-0.39, 0.29) is 0 Å². The van der Waals surface area contributed by atoms with Crippen molar-refractivity contribution in [2.24, 2.45) is 0 Å². The van der Waals surface area contributed by atoms with E-state index >= 15 is 0 Å². The van der Waals surface area contributed by atoms with Crippen molar-refractivity contribution < 1.29 is 9.47 Å². The highest BCUT2D eigenvalue weighted by Gasteiger charge is 2.10. The zero-order chi connectivity index (χ0) is 18.2. The van der Waals surface area contributed by atoms with Crippen LogP contribution < -0.4 is 14.8 Å². The summed E-state index contributed by atoms with van der Waals surface area (Å²) in [7, 11) is 0. The Morgan fingerprint density at radius 3 is 2.28 bits per heavy atom. The Morgan fingerprint density at radius 2 is 1.64 bits per heavy atom. The zero-order valence-corrected chi connectivity index (χ0v) is 17.5. The van der Waals surface area contributed by atoms with Crippen LogP contribution in [0.4, 0.5) is 0 Å². The van der Waals surface area contributed by atoms with Crippen molar-refractivity contribution in [3.8, 4) is 11.5 Å². The van der Waals surface area contributed by atoms with Gasteiger partial charge in [0.25, 0.3) is 0 Å². The Bertz CT molecular complexity index is 710. The second-order valence-electron chi connectivity index (χ2n) is 5.42. The fraction of sp³-hybridized carbons (Fsp3) is 0.368. The van der Waals surface area contributed by atoms with Crippen molar-refractivity contribution in [3.05, 3.63) is 56.0 Å². The molecule has 0 heterocycles. The Hall–Kier alpha value is -0.940. The fourth-order valence-corrected chi connectivity index (χ4v) is 3.39. The predicted molar refractivity (Wildman–Crippen MR) is 108 cm³/mol. The number of nitrogens with one attached hydrogen (secondary N) is 1. The minimum atomic E-state index is 0.601. The molecule has 25 heavy (non-hydrogen) atoms.